The number of likely N-dealkylation sites (N-methyl/N-ethyl adjacent to an activating group) is 1. The number of nitrogens with zero attached hydrogens (tertiary/aromatic N) is 5. The zero-order chi connectivity index (χ0) is 25.5. The van der Waals surface area contributed by atoms with Crippen LogP contribution >= 0.6 is 11.3 Å². The maximum atomic E-state index is 13.7. The Morgan fingerprint density at radius 3 is 2.76 bits per heavy atom. The van der Waals surface area contributed by atoms with Gasteiger partial charge in [-0.15, -0.1) is 11.3 Å². The number of hydrogen-bond donors (Lipinski definition) is 3. The number of para-hydroxylation sites is 1. The Morgan fingerprint density at radius 1 is 1.05 bits per heavy atom. The largest absolute Gasteiger partial charge is 0.336 e. The lowest BCUT2D eigenvalue weighted by atomic mass is 10.1. The average molecular weight is 513 g/mol. The lowest BCUT2D eigenvalue weighted by Gasteiger charge is -2.10. The molecular formula is C26H21FN8OS. The Bertz CT molecular complexity index is 1770. The molecule has 5 aromatic heterocycles. The van der Waals surface area contributed by atoms with Crippen LogP contribution in [0.1, 0.15) is 0 Å². The van der Waals surface area contributed by atoms with Gasteiger partial charge in [-0.05, 0) is 50.5 Å². The highest BCUT2D eigenvalue weighted by Gasteiger charge is 2.17. The summed E-state index contributed by atoms with van der Waals surface area (Å²) in [6, 6.07) is 14.6. The lowest BCUT2D eigenvalue weighted by molar-refractivity contribution is -0.116. The van der Waals surface area contributed by atoms with Gasteiger partial charge in [0.1, 0.15) is 5.52 Å². The molecule has 1 amide bonds. The van der Waals surface area contributed by atoms with Crippen molar-refractivity contribution in [1.82, 2.24) is 35.0 Å². The number of nitrogens with one attached hydrogen (secondary N) is 3. The molecule has 37 heavy (non-hydrogen) atoms. The third-order valence-corrected chi connectivity index (χ3v) is 6.67. The van der Waals surface area contributed by atoms with Crippen LogP contribution in [0.5, 0.6) is 0 Å². The first-order valence-electron chi connectivity index (χ1n) is 11.4. The van der Waals surface area contributed by atoms with E-state index in [2.05, 4.69) is 25.5 Å². The normalized spacial score (nSPS) is 11.6. The maximum Gasteiger partial charge on any atom is 0.238 e. The number of aromatic amines is 2. The van der Waals surface area contributed by atoms with E-state index >= 15 is 0 Å². The van der Waals surface area contributed by atoms with Gasteiger partial charge in [-0.2, -0.15) is 9.49 Å². The summed E-state index contributed by atoms with van der Waals surface area (Å²) in [5.41, 5.74) is 6.39. The van der Waals surface area contributed by atoms with Crippen molar-refractivity contribution in [2.24, 2.45) is 0 Å². The third-order valence-electron chi connectivity index (χ3n) is 5.76. The van der Waals surface area contributed by atoms with E-state index in [0.717, 1.165) is 43.9 Å². The van der Waals surface area contributed by atoms with Gasteiger partial charge in [-0.25, -0.2) is 9.97 Å². The molecule has 0 radical (unpaired) electrons. The first-order valence-corrected chi connectivity index (χ1v) is 12.3. The fraction of sp³-hybridized carbons (Fsp3) is 0.115. The van der Waals surface area contributed by atoms with Crippen molar-refractivity contribution in [3.63, 3.8) is 0 Å². The van der Waals surface area contributed by atoms with Gasteiger partial charge < -0.3 is 15.2 Å². The number of fused-ring (bicyclic) bond motifs is 2. The van der Waals surface area contributed by atoms with E-state index in [-0.39, 0.29) is 17.6 Å². The highest BCUT2D eigenvalue weighted by molar-refractivity contribution is 7.14. The minimum Gasteiger partial charge on any atom is -0.336 e. The van der Waals surface area contributed by atoms with E-state index < -0.39 is 0 Å². The van der Waals surface area contributed by atoms with Gasteiger partial charge in [-0.3, -0.25) is 14.9 Å². The first-order chi connectivity index (χ1) is 17.9. The van der Waals surface area contributed by atoms with Crippen LogP contribution in [0.25, 0.3) is 55.3 Å². The second-order valence-corrected chi connectivity index (χ2v) is 9.84. The number of H-pyrrole nitrogens is 2. The fourth-order valence-corrected chi connectivity index (χ4v) is 4.92. The van der Waals surface area contributed by atoms with Crippen molar-refractivity contribution in [2.45, 2.75) is 0 Å². The van der Waals surface area contributed by atoms with Crippen LogP contribution in [0.2, 0.25) is 0 Å². The maximum absolute atomic E-state index is 13.7. The van der Waals surface area contributed by atoms with E-state index in [0.29, 0.717) is 28.4 Å². The molecule has 0 unspecified atom stereocenters. The molecule has 0 aliphatic rings. The number of halogens is 1. The van der Waals surface area contributed by atoms with Crippen LogP contribution in [-0.2, 0) is 4.79 Å². The molecule has 0 bridgehead atoms. The van der Waals surface area contributed by atoms with Crippen LogP contribution in [0.15, 0.2) is 60.9 Å². The molecule has 0 aliphatic heterocycles. The fourth-order valence-electron chi connectivity index (χ4n) is 4.16. The Morgan fingerprint density at radius 2 is 1.95 bits per heavy atom. The van der Waals surface area contributed by atoms with Crippen molar-refractivity contribution < 1.29 is 9.18 Å². The molecule has 0 spiro atoms. The molecule has 11 heteroatoms. The summed E-state index contributed by atoms with van der Waals surface area (Å²) in [5.74, 6) is 0.428. The van der Waals surface area contributed by atoms with Crippen LogP contribution in [-0.4, -0.2) is 61.6 Å². The SMILES string of the molecule is CN(C)CC(=O)Nc1cncc(-c2ccc3[nH]nc(-c4nc5c(-c6ccc(F)s6)cccc5[nH]4)c3n2)c1. The number of anilines is 1. The number of hydrogen-bond acceptors (Lipinski definition) is 7. The summed E-state index contributed by atoms with van der Waals surface area (Å²) in [7, 11) is 3.67. The topological polar surface area (TPSA) is 115 Å². The van der Waals surface area contributed by atoms with Gasteiger partial charge in [0.2, 0.25) is 5.91 Å². The second-order valence-electron chi connectivity index (χ2n) is 8.80. The van der Waals surface area contributed by atoms with Crippen LogP contribution in [0, 0.1) is 5.13 Å². The predicted octanol–water partition coefficient (Wildman–Crippen LogP) is 4.93. The Balaban J connectivity index is 1.38. The smallest absolute Gasteiger partial charge is 0.238 e. The zero-order valence-corrected chi connectivity index (χ0v) is 20.7. The predicted molar refractivity (Wildman–Crippen MR) is 143 cm³/mol. The molecule has 0 saturated carbocycles. The van der Waals surface area contributed by atoms with E-state index in [9.17, 15) is 9.18 Å². The summed E-state index contributed by atoms with van der Waals surface area (Å²) in [6.07, 6.45) is 3.30. The highest BCUT2D eigenvalue weighted by Crippen LogP contribution is 2.34. The molecular weight excluding hydrogens is 491 g/mol. The van der Waals surface area contributed by atoms with Gasteiger partial charge in [0.05, 0.1) is 40.7 Å². The van der Waals surface area contributed by atoms with E-state index in [1.54, 1.807) is 23.4 Å². The lowest BCUT2D eigenvalue weighted by Crippen LogP contribution is -2.27. The monoisotopic (exact) mass is 512 g/mol. The first kappa shape index (κ1) is 23.0. The summed E-state index contributed by atoms with van der Waals surface area (Å²) >= 11 is 1.08. The van der Waals surface area contributed by atoms with E-state index in [1.807, 2.05) is 50.5 Å². The summed E-state index contributed by atoms with van der Waals surface area (Å²) in [5, 5.41) is 10.1. The highest BCUT2D eigenvalue weighted by atomic mass is 32.1. The molecule has 0 fully saturated rings. The van der Waals surface area contributed by atoms with E-state index in [1.165, 1.54) is 6.07 Å². The van der Waals surface area contributed by atoms with Crippen LogP contribution in [0.3, 0.4) is 0 Å². The van der Waals surface area contributed by atoms with Crippen molar-refractivity contribution in [3.8, 4) is 33.2 Å². The number of rotatable bonds is 6. The molecule has 6 rings (SSSR count). The van der Waals surface area contributed by atoms with E-state index in [4.69, 9.17) is 9.97 Å². The molecule has 6 aromatic rings. The minimum atomic E-state index is -0.242. The number of imidazole rings is 1. The number of thiophene rings is 1. The van der Waals surface area contributed by atoms with Crippen molar-refractivity contribution in [3.05, 3.63) is 66.1 Å². The summed E-state index contributed by atoms with van der Waals surface area (Å²) < 4.78 is 13.7. The molecule has 0 saturated heterocycles. The molecule has 9 nitrogen and oxygen atoms in total. The molecule has 3 N–H and O–H groups in total. The Labute approximate surface area is 214 Å². The molecule has 0 atom stereocenters. The van der Waals surface area contributed by atoms with Crippen LogP contribution < -0.4 is 5.32 Å². The third kappa shape index (κ3) is 4.46. The number of carbonyl (C=O) groups excluding carboxylic acids is 1. The van der Waals surface area contributed by atoms with Crippen molar-refractivity contribution in [1.29, 1.82) is 0 Å². The Hall–Kier alpha value is -4.48. The second kappa shape index (κ2) is 9.19. The van der Waals surface area contributed by atoms with Gasteiger partial charge in [0, 0.05) is 22.2 Å². The minimum absolute atomic E-state index is 0.126. The van der Waals surface area contributed by atoms with Crippen molar-refractivity contribution in [2.75, 3.05) is 26.0 Å². The quantitative estimate of drug-likeness (QED) is 0.291. The number of carbonyl (C=O) groups is 1. The summed E-state index contributed by atoms with van der Waals surface area (Å²) in [4.78, 5) is 32.0. The van der Waals surface area contributed by atoms with Crippen molar-refractivity contribution >= 4 is 45.0 Å². The average Bonchev–Trinajstić information content (AvgIpc) is 3.60. The van der Waals surface area contributed by atoms with Gasteiger partial charge in [0.15, 0.2) is 16.6 Å². The number of amides is 1. The van der Waals surface area contributed by atoms with Gasteiger partial charge >= 0.3 is 0 Å². The van der Waals surface area contributed by atoms with Gasteiger partial charge in [0.25, 0.3) is 0 Å². The van der Waals surface area contributed by atoms with Gasteiger partial charge in [-0.1, -0.05) is 12.1 Å². The van der Waals surface area contributed by atoms with Crippen LogP contribution in [0.4, 0.5) is 10.1 Å². The summed E-state index contributed by atoms with van der Waals surface area (Å²) in [6.45, 7) is 0.271. The Kier molecular flexibility index (Phi) is 5.70. The standard InChI is InChI=1S/C26H21FN8OS/c1-35(2)13-22(36)29-15-10-14(11-28-12-15)17-6-7-19-24(30-17)25(34-33-19)26-31-18-5-3-4-16(23(18)32-26)20-8-9-21(27)37-20/h3-12H,13H2,1-2H3,(H,29,36)(H,31,32)(H,33,34). The molecule has 1 aromatic carbocycles. The molecule has 5 heterocycles. The number of benzene rings is 1. The number of pyridine rings is 2. The number of aromatic nitrogens is 6. The molecule has 184 valence electrons. The zero-order valence-electron chi connectivity index (χ0n) is 19.9. The molecule has 0 aliphatic carbocycles.